The Morgan fingerprint density at radius 2 is 1.64 bits per heavy atom. The van der Waals surface area contributed by atoms with E-state index in [2.05, 4.69) is 20.8 Å². The standard InChI is InChI=1S/C37H37N5O7S/c43-22-24-7-9-27(10-8-24)33-20-32(23-50-37-39-40-41-42(37)30-15-17-31(44)18-16-30)48-36(49-33)28-13-11-26(12-14-28)29-4-1-3-25(19-29)21-38-34(45)5-2-6-35(46)47/h1,3-4,7-19,32-33,36,43-44H,2,5-6,20-23H2,(H,38,45)(H,46,47)/t32-,33+,36+/m0/s1. The molecule has 50 heavy (non-hydrogen) atoms. The highest BCUT2D eigenvalue weighted by molar-refractivity contribution is 7.99. The van der Waals surface area contributed by atoms with Gasteiger partial charge < -0.3 is 30.1 Å². The first-order chi connectivity index (χ1) is 24.3. The number of phenolic OH excluding ortho intramolecular Hbond substituents is 1. The molecule has 3 atom stereocenters. The number of hydrogen-bond acceptors (Lipinski definition) is 10. The van der Waals surface area contributed by atoms with Gasteiger partial charge in [-0.2, -0.15) is 4.68 Å². The van der Waals surface area contributed by atoms with E-state index in [0.29, 0.717) is 30.3 Å². The maximum atomic E-state index is 12.1. The van der Waals surface area contributed by atoms with Gasteiger partial charge in [0, 0.05) is 37.1 Å². The molecule has 1 amide bonds. The molecule has 0 unspecified atom stereocenters. The van der Waals surface area contributed by atoms with Crippen molar-refractivity contribution in [2.75, 3.05) is 5.75 Å². The minimum Gasteiger partial charge on any atom is -0.508 e. The molecule has 1 aliphatic heterocycles. The Labute approximate surface area is 293 Å². The lowest BCUT2D eigenvalue weighted by Crippen LogP contribution is -2.31. The van der Waals surface area contributed by atoms with Crippen molar-refractivity contribution in [1.29, 1.82) is 0 Å². The molecule has 258 valence electrons. The molecule has 2 heterocycles. The fraction of sp³-hybridized carbons (Fsp3) is 0.270. The van der Waals surface area contributed by atoms with Crippen LogP contribution in [0.15, 0.2) is 102 Å². The van der Waals surface area contributed by atoms with Crippen molar-refractivity contribution in [1.82, 2.24) is 25.5 Å². The molecule has 12 nitrogen and oxygen atoms in total. The number of carbonyl (C=O) groups excluding carboxylic acids is 1. The summed E-state index contributed by atoms with van der Waals surface area (Å²) in [7, 11) is 0. The minimum atomic E-state index is -0.910. The summed E-state index contributed by atoms with van der Waals surface area (Å²) in [5.74, 6) is -0.369. The van der Waals surface area contributed by atoms with Crippen molar-refractivity contribution in [3.8, 4) is 22.6 Å². The van der Waals surface area contributed by atoms with E-state index in [1.54, 1.807) is 28.9 Å². The van der Waals surface area contributed by atoms with E-state index < -0.39 is 12.3 Å². The Bertz CT molecular complexity index is 1880. The normalized spacial score (nSPS) is 17.3. The van der Waals surface area contributed by atoms with Gasteiger partial charge in [-0.3, -0.25) is 9.59 Å². The predicted octanol–water partition coefficient (Wildman–Crippen LogP) is 5.74. The molecule has 0 aliphatic carbocycles. The van der Waals surface area contributed by atoms with Crippen LogP contribution in [0.4, 0.5) is 0 Å². The van der Waals surface area contributed by atoms with Gasteiger partial charge in [0.05, 0.1) is 24.5 Å². The largest absolute Gasteiger partial charge is 0.508 e. The van der Waals surface area contributed by atoms with E-state index in [1.165, 1.54) is 11.8 Å². The molecular weight excluding hydrogens is 659 g/mol. The molecule has 1 saturated heterocycles. The number of carbonyl (C=O) groups is 2. The number of rotatable bonds is 14. The quantitative estimate of drug-likeness (QED) is 0.105. The highest BCUT2D eigenvalue weighted by Gasteiger charge is 2.32. The predicted molar refractivity (Wildman–Crippen MR) is 185 cm³/mol. The number of aliphatic hydroxyl groups excluding tert-OH is 1. The Kier molecular flexibility index (Phi) is 11.5. The van der Waals surface area contributed by atoms with Crippen LogP contribution >= 0.6 is 11.8 Å². The van der Waals surface area contributed by atoms with E-state index in [1.807, 2.05) is 72.8 Å². The Hall–Kier alpha value is -5.08. The third-order valence-electron chi connectivity index (χ3n) is 8.28. The second-order valence-corrected chi connectivity index (χ2v) is 12.9. The Morgan fingerprint density at radius 1 is 0.880 bits per heavy atom. The zero-order valence-corrected chi connectivity index (χ0v) is 27.9. The van der Waals surface area contributed by atoms with E-state index in [0.717, 1.165) is 39.1 Å². The molecule has 1 fully saturated rings. The van der Waals surface area contributed by atoms with Crippen LogP contribution in [0.3, 0.4) is 0 Å². The van der Waals surface area contributed by atoms with Crippen molar-refractivity contribution < 1.29 is 34.4 Å². The zero-order chi connectivity index (χ0) is 34.9. The van der Waals surface area contributed by atoms with Crippen LogP contribution < -0.4 is 5.32 Å². The van der Waals surface area contributed by atoms with Gasteiger partial charge in [0.15, 0.2) is 6.29 Å². The van der Waals surface area contributed by atoms with Crippen molar-refractivity contribution in [2.45, 2.75) is 62.5 Å². The van der Waals surface area contributed by atoms with Gasteiger partial charge in [0.25, 0.3) is 0 Å². The van der Waals surface area contributed by atoms with E-state index in [9.17, 15) is 19.8 Å². The molecule has 0 saturated carbocycles. The summed E-state index contributed by atoms with van der Waals surface area (Å²) in [5.41, 5.74) is 6.31. The van der Waals surface area contributed by atoms with Crippen LogP contribution in [0.25, 0.3) is 16.8 Å². The highest BCUT2D eigenvalue weighted by Crippen LogP contribution is 2.40. The van der Waals surface area contributed by atoms with Crippen molar-refractivity contribution in [3.05, 3.63) is 119 Å². The number of benzene rings is 4. The Balaban J connectivity index is 1.15. The molecule has 4 N–H and O–H groups in total. The van der Waals surface area contributed by atoms with Crippen LogP contribution in [-0.4, -0.2) is 59.3 Å². The lowest BCUT2D eigenvalue weighted by Gasteiger charge is -2.36. The van der Waals surface area contributed by atoms with Gasteiger partial charge in [-0.1, -0.05) is 78.5 Å². The average molecular weight is 696 g/mol. The van der Waals surface area contributed by atoms with Crippen molar-refractivity contribution >= 4 is 23.6 Å². The Morgan fingerprint density at radius 3 is 2.38 bits per heavy atom. The third-order valence-corrected chi connectivity index (χ3v) is 9.33. The zero-order valence-electron chi connectivity index (χ0n) is 27.1. The minimum absolute atomic E-state index is 0.0302. The maximum Gasteiger partial charge on any atom is 0.303 e. The maximum absolute atomic E-state index is 12.1. The van der Waals surface area contributed by atoms with Gasteiger partial charge >= 0.3 is 5.97 Å². The van der Waals surface area contributed by atoms with Crippen molar-refractivity contribution in [2.24, 2.45) is 0 Å². The number of aromatic nitrogens is 4. The molecule has 0 spiro atoms. The summed E-state index contributed by atoms with van der Waals surface area (Å²) in [6.45, 7) is 0.314. The monoisotopic (exact) mass is 695 g/mol. The SMILES string of the molecule is O=C(O)CCCC(=O)NCc1cccc(-c2ccc([C@@H]3O[C@H](CSc4nnnn4-c4ccc(O)cc4)C[C@H](c4ccc(CO)cc4)O3)cc2)c1. The lowest BCUT2D eigenvalue weighted by molar-refractivity contribution is -0.245. The van der Waals surface area contributed by atoms with Crippen LogP contribution in [0.5, 0.6) is 5.75 Å². The molecule has 13 heteroatoms. The molecule has 1 aliphatic rings. The summed E-state index contributed by atoms with van der Waals surface area (Å²) in [6, 6.07) is 30.3. The molecule has 0 radical (unpaired) electrons. The first-order valence-electron chi connectivity index (χ1n) is 16.2. The summed E-state index contributed by atoms with van der Waals surface area (Å²) >= 11 is 1.47. The van der Waals surface area contributed by atoms with Crippen LogP contribution in [0, 0.1) is 0 Å². The first-order valence-corrected chi connectivity index (χ1v) is 17.2. The number of carboxylic acid groups (broad SMARTS) is 1. The number of thioether (sulfide) groups is 1. The number of aliphatic carboxylic acids is 1. The average Bonchev–Trinajstić information content (AvgIpc) is 3.62. The fourth-order valence-corrected chi connectivity index (χ4v) is 6.51. The number of phenols is 1. The molecule has 0 bridgehead atoms. The number of amides is 1. The summed E-state index contributed by atoms with van der Waals surface area (Å²) in [6.07, 6.45) is -0.0494. The van der Waals surface area contributed by atoms with E-state index in [-0.39, 0.29) is 43.3 Å². The number of aliphatic hydroxyl groups is 1. The van der Waals surface area contributed by atoms with E-state index >= 15 is 0 Å². The number of carboxylic acids is 1. The summed E-state index contributed by atoms with van der Waals surface area (Å²) < 4.78 is 14.7. The molecular formula is C37H37N5O7S. The first kappa shape index (κ1) is 34.8. The molecule has 4 aromatic carbocycles. The number of tetrazole rings is 1. The number of nitrogens with zero attached hydrogens (tertiary/aromatic N) is 4. The fourth-order valence-electron chi connectivity index (χ4n) is 5.60. The number of hydrogen-bond donors (Lipinski definition) is 4. The summed E-state index contributed by atoms with van der Waals surface area (Å²) in [4.78, 5) is 22.8. The van der Waals surface area contributed by atoms with Gasteiger partial charge in [-0.15, -0.1) is 5.10 Å². The van der Waals surface area contributed by atoms with Crippen LogP contribution in [0.2, 0.25) is 0 Å². The lowest BCUT2D eigenvalue weighted by atomic mass is 9.99. The van der Waals surface area contributed by atoms with Crippen molar-refractivity contribution in [3.63, 3.8) is 0 Å². The molecule has 6 rings (SSSR count). The summed E-state index contributed by atoms with van der Waals surface area (Å²) in [5, 5.41) is 43.7. The second kappa shape index (κ2) is 16.5. The van der Waals surface area contributed by atoms with Crippen LogP contribution in [0.1, 0.15) is 60.3 Å². The topological polar surface area (TPSA) is 169 Å². The number of ether oxygens (including phenoxy) is 2. The second-order valence-electron chi connectivity index (χ2n) is 11.9. The number of nitrogens with one attached hydrogen (secondary N) is 1. The molecule has 1 aromatic heterocycles. The molecule has 5 aromatic rings. The smallest absolute Gasteiger partial charge is 0.303 e. The van der Waals surface area contributed by atoms with Gasteiger partial charge in [-0.25, -0.2) is 0 Å². The van der Waals surface area contributed by atoms with Gasteiger partial charge in [0.2, 0.25) is 11.1 Å². The van der Waals surface area contributed by atoms with Gasteiger partial charge in [0.1, 0.15) is 5.75 Å². The highest BCUT2D eigenvalue weighted by atomic mass is 32.2. The van der Waals surface area contributed by atoms with E-state index in [4.69, 9.17) is 14.6 Å². The third kappa shape index (κ3) is 9.12. The van der Waals surface area contributed by atoms with Crippen LogP contribution in [-0.2, 0) is 32.2 Å². The number of aromatic hydroxyl groups is 1. The van der Waals surface area contributed by atoms with Gasteiger partial charge in [-0.05, 0) is 75.0 Å².